The van der Waals surface area contributed by atoms with Gasteiger partial charge in [-0.3, -0.25) is 0 Å². The average Bonchev–Trinajstić information content (AvgIpc) is 2.82. The average molecular weight is 483 g/mol. The van der Waals surface area contributed by atoms with Gasteiger partial charge in [-0.25, -0.2) is 0 Å². The van der Waals surface area contributed by atoms with E-state index in [0.29, 0.717) is 5.25 Å². The monoisotopic (exact) mass is 482 g/mol. The third-order valence-corrected chi connectivity index (χ3v) is 8.59. The Morgan fingerprint density at radius 2 is 0.697 bits per heavy atom. The molecule has 0 aliphatic carbocycles. The van der Waals surface area contributed by atoms with Gasteiger partial charge in [-0.1, -0.05) is 175 Å². The Morgan fingerprint density at radius 1 is 0.364 bits per heavy atom. The zero-order valence-electron chi connectivity index (χ0n) is 23.9. The molecule has 0 amide bonds. The number of thiol groups is 1. The largest absolute Gasteiger partial charge is 0.176 e. The van der Waals surface area contributed by atoms with Crippen LogP contribution in [0.4, 0.5) is 0 Å². The number of rotatable bonds is 27. The lowest BCUT2D eigenvalue weighted by Gasteiger charge is -2.32. The Kier molecular flexibility index (Phi) is 27.2. The van der Waals surface area contributed by atoms with Crippen molar-refractivity contribution in [1.29, 1.82) is 0 Å². The second-order valence-corrected chi connectivity index (χ2v) is 11.8. The number of hydrogen-bond donors (Lipinski definition) is 1. The molecule has 200 valence electrons. The molecule has 0 aromatic rings. The van der Waals surface area contributed by atoms with Crippen LogP contribution in [0.2, 0.25) is 0 Å². The van der Waals surface area contributed by atoms with E-state index in [-0.39, 0.29) is 0 Å². The summed E-state index contributed by atoms with van der Waals surface area (Å²) in [6.45, 7) is 9.33. The lowest BCUT2D eigenvalue weighted by atomic mass is 9.77. The molecule has 0 saturated carbocycles. The van der Waals surface area contributed by atoms with Crippen molar-refractivity contribution in [3.05, 3.63) is 0 Å². The fourth-order valence-corrected chi connectivity index (χ4v) is 6.23. The maximum atomic E-state index is 5.24. The van der Waals surface area contributed by atoms with Crippen LogP contribution >= 0.6 is 12.6 Å². The molecule has 0 radical (unpaired) electrons. The molecule has 3 atom stereocenters. The molecular formula is C32H66S. The van der Waals surface area contributed by atoms with Gasteiger partial charge in [-0.05, 0) is 24.7 Å². The van der Waals surface area contributed by atoms with Crippen LogP contribution in [0.25, 0.3) is 0 Å². The van der Waals surface area contributed by atoms with Crippen LogP contribution in [-0.4, -0.2) is 5.25 Å². The van der Waals surface area contributed by atoms with E-state index >= 15 is 0 Å². The summed E-state index contributed by atoms with van der Waals surface area (Å²) in [6, 6.07) is 0. The van der Waals surface area contributed by atoms with Crippen LogP contribution in [0, 0.1) is 11.8 Å². The Bertz CT molecular complexity index is 352. The van der Waals surface area contributed by atoms with Gasteiger partial charge < -0.3 is 0 Å². The van der Waals surface area contributed by atoms with Gasteiger partial charge in [0, 0.05) is 5.25 Å². The Labute approximate surface area is 217 Å². The van der Waals surface area contributed by atoms with E-state index in [0.717, 1.165) is 11.8 Å². The Balaban J connectivity index is 4.57. The molecule has 0 saturated heterocycles. The molecule has 0 fully saturated rings. The minimum atomic E-state index is 0.634. The second-order valence-electron chi connectivity index (χ2n) is 11.2. The summed E-state index contributed by atoms with van der Waals surface area (Å²) in [7, 11) is 0. The van der Waals surface area contributed by atoms with Crippen molar-refractivity contribution in [3.63, 3.8) is 0 Å². The molecule has 0 aromatic heterocycles. The molecule has 0 spiro atoms. The summed E-state index contributed by atoms with van der Waals surface area (Å²) in [6.07, 6.45) is 35.7. The van der Waals surface area contributed by atoms with E-state index in [4.69, 9.17) is 12.6 Å². The molecule has 0 N–H and O–H groups in total. The zero-order valence-corrected chi connectivity index (χ0v) is 24.8. The fraction of sp³-hybridized carbons (Fsp3) is 1.00. The topological polar surface area (TPSA) is 0 Å². The van der Waals surface area contributed by atoms with Gasteiger partial charge in [0.15, 0.2) is 0 Å². The van der Waals surface area contributed by atoms with E-state index in [9.17, 15) is 0 Å². The molecule has 33 heavy (non-hydrogen) atoms. The number of unbranched alkanes of at least 4 members (excludes halogenated alkanes) is 17. The smallest absolute Gasteiger partial charge is 0.00477 e. The zero-order chi connectivity index (χ0) is 24.4. The van der Waals surface area contributed by atoms with Gasteiger partial charge in [-0.15, -0.1) is 0 Å². The van der Waals surface area contributed by atoms with Gasteiger partial charge in [0.1, 0.15) is 0 Å². The first kappa shape index (κ1) is 33.4. The third kappa shape index (κ3) is 21.4. The maximum absolute atomic E-state index is 5.24. The first-order valence-corrected chi connectivity index (χ1v) is 16.4. The molecule has 0 rings (SSSR count). The van der Waals surface area contributed by atoms with Crippen LogP contribution in [0.15, 0.2) is 0 Å². The third-order valence-electron chi connectivity index (χ3n) is 7.95. The molecule has 0 aliphatic heterocycles. The molecule has 0 aromatic carbocycles. The quantitative estimate of drug-likeness (QED) is 0.0873. The van der Waals surface area contributed by atoms with Crippen LogP contribution in [0.5, 0.6) is 0 Å². The number of hydrogen-bond acceptors (Lipinski definition) is 1. The van der Waals surface area contributed by atoms with Crippen molar-refractivity contribution in [1.82, 2.24) is 0 Å². The van der Waals surface area contributed by atoms with Gasteiger partial charge >= 0.3 is 0 Å². The highest BCUT2D eigenvalue weighted by molar-refractivity contribution is 7.81. The van der Waals surface area contributed by atoms with E-state index in [1.165, 1.54) is 161 Å². The minimum absolute atomic E-state index is 0.634. The summed E-state index contributed by atoms with van der Waals surface area (Å²) >= 11 is 5.24. The summed E-state index contributed by atoms with van der Waals surface area (Å²) in [5.41, 5.74) is 0. The molecule has 3 unspecified atom stereocenters. The second kappa shape index (κ2) is 26.9. The first-order valence-electron chi connectivity index (χ1n) is 15.9. The summed E-state index contributed by atoms with van der Waals surface area (Å²) in [5.74, 6) is 1.79. The first-order chi connectivity index (χ1) is 16.2. The van der Waals surface area contributed by atoms with Gasteiger partial charge in [0.05, 0.1) is 0 Å². The minimum Gasteiger partial charge on any atom is -0.176 e. The van der Waals surface area contributed by atoms with Crippen molar-refractivity contribution in [3.8, 4) is 0 Å². The van der Waals surface area contributed by atoms with Gasteiger partial charge in [0.25, 0.3) is 0 Å². The van der Waals surface area contributed by atoms with Gasteiger partial charge in [-0.2, -0.15) is 12.6 Å². The molecule has 0 heterocycles. The van der Waals surface area contributed by atoms with Crippen LogP contribution < -0.4 is 0 Å². The fourth-order valence-electron chi connectivity index (χ4n) is 5.65. The van der Waals surface area contributed by atoms with E-state index in [2.05, 4.69) is 27.7 Å². The molecule has 1 heteroatoms. The van der Waals surface area contributed by atoms with E-state index in [1.54, 1.807) is 0 Å². The van der Waals surface area contributed by atoms with Crippen molar-refractivity contribution < 1.29 is 0 Å². The highest BCUT2D eigenvalue weighted by Crippen LogP contribution is 2.36. The molecule has 0 bridgehead atoms. The highest BCUT2D eigenvalue weighted by Gasteiger charge is 2.26. The van der Waals surface area contributed by atoms with E-state index < -0.39 is 0 Å². The van der Waals surface area contributed by atoms with E-state index in [1.807, 2.05) is 0 Å². The van der Waals surface area contributed by atoms with Crippen molar-refractivity contribution in [2.75, 3.05) is 0 Å². The van der Waals surface area contributed by atoms with Crippen molar-refractivity contribution in [2.24, 2.45) is 11.8 Å². The molecule has 0 aliphatic rings. The van der Waals surface area contributed by atoms with Gasteiger partial charge in [0.2, 0.25) is 0 Å². The van der Waals surface area contributed by atoms with Crippen LogP contribution in [0.3, 0.4) is 0 Å². The normalized spacial score (nSPS) is 14.5. The van der Waals surface area contributed by atoms with Crippen LogP contribution in [-0.2, 0) is 0 Å². The Morgan fingerprint density at radius 3 is 1.15 bits per heavy atom. The Hall–Kier alpha value is 0.350. The van der Waals surface area contributed by atoms with Crippen LogP contribution in [0.1, 0.15) is 188 Å². The summed E-state index contributed by atoms with van der Waals surface area (Å²) in [5, 5.41) is 0.634. The predicted octanol–water partition coefficient (Wildman–Crippen LogP) is 12.3. The lowest BCUT2D eigenvalue weighted by molar-refractivity contribution is 0.245. The predicted molar refractivity (Wildman–Crippen MR) is 158 cm³/mol. The highest BCUT2D eigenvalue weighted by atomic mass is 32.1. The maximum Gasteiger partial charge on any atom is 0.00477 e. The SMILES string of the molecule is CCCCCCCCCCC(CCCCC)C(CCCCCCCCCC)C(S)CCCC. The van der Waals surface area contributed by atoms with Crippen molar-refractivity contribution >= 4 is 12.6 Å². The molecular weight excluding hydrogens is 416 g/mol. The summed E-state index contributed by atoms with van der Waals surface area (Å²) < 4.78 is 0. The standard InChI is InChI=1S/C32H66S/c1-5-9-13-15-17-19-21-24-27-30(26-23-11-7-3)31(32(33)29-12-8-4)28-25-22-20-18-16-14-10-6-2/h30-33H,5-29H2,1-4H3. The molecule has 0 nitrogen and oxygen atoms in total. The summed E-state index contributed by atoms with van der Waals surface area (Å²) in [4.78, 5) is 0. The lowest BCUT2D eigenvalue weighted by Crippen LogP contribution is -2.25. The van der Waals surface area contributed by atoms with Crippen molar-refractivity contribution in [2.45, 2.75) is 193 Å².